The molecule has 0 aliphatic carbocycles. The molecular formula is C29H29N5O2. The van der Waals surface area contributed by atoms with Crippen molar-refractivity contribution in [3.05, 3.63) is 95.2 Å². The predicted octanol–water partition coefficient (Wildman–Crippen LogP) is 4.28. The van der Waals surface area contributed by atoms with Crippen molar-refractivity contribution >= 4 is 28.4 Å². The number of pyridine rings is 2. The third-order valence-electron chi connectivity index (χ3n) is 6.98. The van der Waals surface area contributed by atoms with Gasteiger partial charge in [-0.05, 0) is 41.3 Å². The lowest BCUT2D eigenvalue weighted by atomic mass is 10.00. The summed E-state index contributed by atoms with van der Waals surface area (Å²) < 4.78 is 5.42. The summed E-state index contributed by atoms with van der Waals surface area (Å²) in [5.41, 5.74) is 5.35. The molecule has 2 aliphatic rings. The summed E-state index contributed by atoms with van der Waals surface area (Å²) in [5.74, 6) is 1.70. The monoisotopic (exact) mass is 479 g/mol. The van der Waals surface area contributed by atoms with Crippen molar-refractivity contribution in [3.8, 4) is 0 Å². The van der Waals surface area contributed by atoms with Crippen LogP contribution in [-0.2, 0) is 24.2 Å². The number of ether oxygens (including phenoxy) is 1. The first-order valence-electron chi connectivity index (χ1n) is 12.5. The zero-order chi connectivity index (χ0) is 24.3. The molecule has 2 aromatic heterocycles. The SMILES string of the molecule is O=C(c1cc(NCc2ccc(N3CCc4ccccc4C3)nc2)nc2ccccc12)N1CCOCC1. The van der Waals surface area contributed by atoms with Crippen molar-refractivity contribution in [1.82, 2.24) is 14.9 Å². The average Bonchev–Trinajstić information content (AvgIpc) is 2.95. The number of benzene rings is 2. The molecular weight excluding hydrogens is 450 g/mol. The first-order chi connectivity index (χ1) is 17.7. The van der Waals surface area contributed by atoms with Gasteiger partial charge in [0, 0.05) is 44.3 Å². The molecule has 7 heteroatoms. The van der Waals surface area contributed by atoms with Crippen LogP contribution in [0, 0.1) is 0 Å². The van der Waals surface area contributed by atoms with Crippen LogP contribution < -0.4 is 10.2 Å². The number of carbonyl (C=O) groups excluding carboxylic acids is 1. The summed E-state index contributed by atoms with van der Waals surface area (Å²) in [4.78, 5) is 27.0. The molecule has 1 saturated heterocycles. The standard InChI is InChI=1S/C29H29N5O2/c35-29(33-13-15-36-16-14-33)25-17-27(32-26-8-4-3-7-24(25)26)30-18-21-9-10-28(31-19-21)34-12-11-22-5-1-2-6-23(22)20-34/h1-10,17,19H,11-16,18,20H2,(H,30,32). The van der Waals surface area contributed by atoms with Gasteiger partial charge in [0.05, 0.1) is 24.3 Å². The molecule has 2 aliphatic heterocycles. The summed E-state index contributed by atoms with van der Waals surface area (Å²) in [6, 6.07) is 22.5. The van der Waals surface area contributed by atoms with E-state index in [1.54, 1.807) is 0 Å². The topological polar surface area (TPSA) is 70.6 Å². The molecule has 0 bridgehead atoms. The van der Waals surface area contributed by atoms with E-state index in [9.17, 15) is 4.79 Å². The van der Waals surface area contributed by atoms with E-state index < -0.39 is 0 Å². The van der Waals surface area contributed by atoms with E-state index in [1.165, 1.54) is 11.1 Å². The smallest absolute Gasteiger partial charge is 0.254 e. The Balaban J connectivity index is 1.17. The summed E-state index contributed by atoms with van der Waals surface area (Å²) in [5, 5.41) is 4.27. The Bertz CT molecular complexity index is 1380. The third-order valence-corrected chi connectivity index (χ3v) is 6.98. The van der Waals surface area contributed by atoms with Crippen LogP contribution in [0.25, 0.3) is 10.9 Å². The molecule has 0 unspecified atom stereocenters. The van der Waals surface area contributed by atoms with Crippen LogP contribution in [0.3, 0.4) is 0 Å². The number of carbonyl (C=O) groups is 1. The average molecular weight is 480 g/mol. The maximum atomic E-state index is 13.3. The van der Waals surface area contributed by atoms with Crippen LogP contribution in [0.2, 0.25) is 0 Å². The molecule has 6 rings (SSSR count). The van der Waals surface area contributed by atoms with Crippen LogP contribution in [-0.4, -0.2) is 53.6 Å². The number of rotatable bonds is 5. The number of fused-ring (bicyclic) bond motifs is 2. The van der Waals surface area contributed by atoms with E-state index in [1.807, 2.05) is 41.4 Å². The zero-order valence-corrected chi connectivity index (χ0v) is 20.2. The summed E-state index contributed by atoms with van der Waals surface area (Å²) in [6.07, 6.45) is 2.96. The van der Waals surface area contributed by atoms with Crippen LogP contribution >= 0.6 is 0 Å². The van der Waals surface area contributed by atoms with Gasteiger partial charge in [-0.25, -0.2) is 9.97 Å². The predicted molar refractivity (Wildman–Crippen MR) is 141 cm³/mol. The Kier molecular flexibility index (Phi) is 6.22. The van der Waals surface area contributed by atoms with E-state index >= 15 is 0 Å². The maximum absolute atomic E-state index is 13.3. The highest BCUT2D eigenvalue weighted by molar-refractivity contribution is 6.07. The Morgan fingerprint density at radius 2 is 1.75 bits per heavy atom. The van der Waals surface area contributed by atoms with Crippen molar-refractivity contribution in [2.24, 2.45) is 0 Å². The van der Waals surface area contributed by atoms with Crippen LogP contribution in [0.1, 0.15) is 27.0 Å². The highest BCUT2D eigenvalue weighted by Crippen LogP contribution is 2.25. The van der Waals surface area contributed by atoms with Crippen molar-refractivity contribution in [2.75, 3.05) is 43.1 Å². The number of hydrogen-bond acceptors (Lipinski definition) is 6. The Labute approximate surface area is 210 Å². The molecule has 1 N–H and O–H groups in total. The minimum Gasteiger partial charge on any atom is -0.378 e. The fourth-order valence-corrected chi connectivity index (χ4v) is 4.97. The fraction of sp³-hybridized carbons (Fsp3) is 0.276. The lowest BCUT2D eigenvalue weighted by molar-refractivity contribution is 0.0304. The van der Waals surface area contributed by atoms with Gasteiger partial charge in [0.25, 0.3) is 5.91 Å². The Morgan fingerprint density at radius 3 is 2.58 bits per heavy atom. The van der Waals surface area contributed by atoms with Gasteiger partial charge < -0.3 is 19.9 Å². The third kappa shape index (κ3) is 4.62. The molecule has 4 heterocycles. The number of amides is 1. The molecule has 4 aromatic rings. The number of anilines is 2. The van der Waals surface area contributed by atoms with Gasteiger partial charge in [-0.3, -0.25) is 4.79 Å². The number of hydrogen-bond donors (Lipinski definition) is 1. The van der Waals surface area contributed by atoms with Crippen molar-refractivity contribution < 1.29 is 9.53 Å². The fourth-order valence-electron chi connectivity index (χ4n) is 4.97. The molecule has 0 atom stereocenters. The normalized spacial score (nSPS) is 15.6. The van der Waals surface area contributed by atoms with Gasteiger partial charge in [-0.1, -0.05) is 48.5 Å². The van der Waals surface area contributed by atoms with E-state index in [4.69, 9.17) is 14.7 Å². The molecule has 0 saturated carbocycles. The van der Waals surface area contributed by atoms with Gasteiger partial charge in [-0.2, -0.15) is 0 Å². The van der Waals surface area contributed by atoms with E-state index in [-0.39, 0.29) is 5.91 Å². The second-order valence-electron chi connectivity index (χ2n) is 9.30. The molecule has 1 fully saturated rings. The van der Waals surface area contributed by atoms with Gasteiger partial charge in [0.2, 0.25) is 0 Å². The molecule has 0 radical (unpaired) electrons. The van der Waals surface area contributed by atoms with Crippen molar-refractivity contribution in [1.29, 1.82) is 0 Å². The number of para-hydroxylation sites is 1. The molecule has 2 aromatic carbocycles. The first kappa shape index (κ1) is 22.5. The number of nitrogens with zero attached hydrogens (tertiary/aromatic N) is 4. The first-order valence-corrected chi connectivity index (χ1v) is 12.5. The second kappa shape index (κ2) is 9.95. The maximum Gasteiger partial charge on any atom is 0.254 e. The van der Waals surface area contributed by atoms with Crippen LogP contribution in [0.5, 0.6) is 0 Å². The quantitative estimate of drug-likeness (QED) is 0.461. The summed E-state index contributed by atoms with van der Waals surface area (Å²) in [6.45, 7) is 4.81. The zero-order valence-electron chi connectivity index (χ0n) is 20.2. The number of aromatic nitrogens is 2. The number of morpholine rings is 1. The minimum absolute atomic E-state index is 0.0223. The second-order valence-corrected chi connectivity index (χ2v) is 9.30. The van der Waals surface area contributed by atoms with Gasteiger partial charge in [0.15, 0.2) is 0 Å². The van der Waals surface area contributed by atoms with Crippen molar-refractivity contribution in [3.63, 3.8) is 0 Å². The van der Waals surface area contributed by atoms with E-state index in [0.29, 0.717) is 44.2 Å². The van der Waals surface area contributed by atoms with Crippen LogP contribution in [0.4, 0.5) is 11.6 Å². The van der Waals surface area contributed by atoms with Gasteiger partial charge in [-0.15, -0.1) is 0 Å². The van der Waals surface area contributed by atoms with Crippen molar-refractivity contribution in [2.45, 2.75) is 19.5 Å². The minimum atomic E-state index is 0.0223. The molecule has 0 spiro atoms. The molecule has 1 amide bonds. The lowest BCUT2D eigenvalue weighted by Gasteiger charge is -2.29. The van der Waals surface area contributed by atoms with Gasteiger partial charge in [0.1, 0.15) is 11.6 Å². The largest absolute Gasteiger partial charge is 0.378 e. The Morgan fingerprint density at radius 1 is 0.944 bits per heavy atom. The summed E-state index contributed by atoms with van der Waals surface area (Å²) >= 11 is 0. The molecule has 7 nitrogen and oxygen atoms in total. The van der Waals surface area contributed by atoms with E-state index in [2.05, 4.69) is 46.6 Å². The molecule has 182 valence electrons. The van der Waals surface area contributed by atoms with Gasteiger partial charge >= 0.3 is 0 Å². The highest BCUT2D eigenvalue weighted by Gasteiger charge is 2.22. The summed E-state index contributed by atoms with van der Waals surface area (Å²) in [7, 11) is 0. The lowest BCUT2D eigenvalue weighted by Crippen LogP contribution is -2.40. The highest BCUT2D eigenvalue weighted by atomic mass is 16.5. The van der Waals surface area contributed by atoms with E-state index in [0.717, 1.165) is 41.8 Å². The number of nitrogens with one attached hydrogen (secondary N) is 1. The molecule has 36 heavy (non-hydrogen) atoms. The van der Waals surface area contributed by atoms with Crippen LogP contribution in [0.15, 0.2) is 72.9 Å². The Hall–Kier alpha value is -3.97.